The van der Waals surface area contributed by atoms with E-state index in [1.165, 1.54) is 16.7 Å². The van der Waals surface area contributed by atoms with E-state index in [0.29, 0.717) is 0 Å². The predicted octanol–water partition coefficient (Wildman–Crippen LogP) is 5.08. The quantitative estimate of drug-likeness (QED) is 0.686. The lowest BCUT2D eigenvalue weighted by Gasteiger charge is -2.08. The average Bonchev–Trinajstić information content (AvgIpc) is 2.58. The van der Waals surface area contributed by atoms with E-state index in [2.05, 4.69) is 48.6 Å². The molecular formula is C21H21NO. The lowest BCUT2D eigenvalue weighted by molar-refractivity contribution is 0.482. The van der Waals surface area contributed by atoms with Gasteiger partial charge in [-0.1, -0.05) is 60.2 Å². The molecule has 0 atom stereocenters. The SMILES string of the molecule is Cc1cccc(CNCc2ccc(Oc3ccccc3)cc2)c1. The minimum atomic E-state index is 0.847. The Morgan fingerprint density at radius 1 is 0.696 bits per heavy atom. The van der Waals surface area contributed by atoms with E-state index in [1.807, 2.05) is 42.5 Å². The third-order valence-corrected chi connectivity index (χ3v) is 3.64. The van der Waals surface area contributed by atoms with Crippen molar-refractivity contribution >= 4 is 0 Å². The fourth-order valence-corrected chi connectivity index (χ4v) is 2.47. The zero-order valence-electron chi connectivity index (χ0n) is 13.3. The highest BCUT2D eigenvalue weighted by Gasteiger charge is 1.98. The normalized spacial score (nSPS) is 10.5. The van der Waals surface area contributed by atoms with E-state index in [0.717, 1.165) is 24.6 Å². The first-order chi connectivity index (χ1) is 11.3. The van der Waals surface area contributed by atoms with Crippen molar-refractivity contribution in [2.24, 2.45) is 0 Å². The van der Waals surface area contributed by atoms with Crippen molar-refractivity contribution in [1.29, 1.82) is 0 Å². The molecule has 0 aliphatic rings. The van der Waals surface area contributed by atoms with Gasteiger partial charge >= 0.3 is 0 Å². The highest BCUT2D eigenvalue weighted by Crippen LogP contribution is 2.21. The number of hydrogen-bond acceptors (Lipinski definition) is 2. The monoisotopic (exact) mass is 303 g/mol. The van der Waals surface area contributed by atoms with Crippen LogP contribution in [0.25, 0.3) is 0 Å². The summed E-state index contributed by atoms with van der Waals surface area (Å²) in [6, 6.07) is 26.6. The molecule has 0 saturated carbocycles. The fraction of sp³-hybridized carbons (Fsp3) is 0.143. The molecule has 3 rings (SSSR count). The molecule has 0 aliphatic carbocycles. The first kappa shape index (κ1) is 15.3. The predicted molar refractivity (Wildman–Crippen MR) is 94.7 cm³/mol. The van der Waals surface area contributed by atoms with Crippen LogP contribution >= 0.6 is 0 Å². The summed E-state index contributed by atoms with van der Waals surface area (Å²) in [5.41, 5.74) is 3.86. The van der Waals surface area contributed by atoms with Gasteiger partial charge in [0.2, 0.25) is 0 Å². The Balaban J connectivity index is 1.51. The highest BCUT2D eigenvalue weighted by molar-refractivity contribution is 5.33. The van der Waals surface area contributed by atoms with Crippen molar-refractivity contribution in [3.8, 4) is 11.5 Å². The van der Waals surface area contributed by atoms with E-state index in [9.17, 15) is 0 Å². The molecule has 0 aliphatic heterocycles. The summed E-state index contributed by atoms with van der Waals surface area (Å²) in [7, 11) is 0. The van der Waals surface area contributed by atoms with Crippen molar-refractivity contribution < 1.29 is 4.74 Å². The molecule has 2 heteroatoms. The van der Waals surface area contributed by atoms with Crippen molar-refractivity contribution in [3.05, 3.63) is 95.6 Å². The Morgan fingerprint density at radius 3 is 2.13 bits per heavy atom. The third-order valence-electron chi connectivity index (χ3n) is 3.64. The molecule has 1 N–H and O–H groups in total. The fourth-order valence-electron chi connectivity index (χ4n) is 2.47. The van der Waals surface area contributed by atoms with Gasteiger partial charge < -0.3 is 10.1 Å². The number of ether oxygens (including phenoxy) is 1. The van der Waals surface area contributed by atoms with Crippen molar-refractivity contribution in [2.75, 3.05) is 0 Å². The van der Waals surface area contributed by atoms with Gasteiger partial charge in [-0.15, -0.1) is 0 Å². The van der Waals surface area contributed by atoms with Gasteiger partial charge in [0.05, 0.1) is 0 Å². The van der Waals surface area contributed by atoms with Crippen LogP contribution in [0.1, 0.15) is 16.7 Å². The lowest BCUT2D eigenvalue weighted by Crippen LogP contribution is -2.12. The van der Waals surface area contributed by atoms with E-state index in [-0.39, 0.29) is 0 Å². The van der Waals surface area contributed by atoms with Gasteiger partial charge in [0, 0.05) is 13.1 Å². The molecule has 2 nitrogen and oxygen atoms in total. The number of rotatable bonds is 6. The molecule has 23 heavy (non-hydrogen) atoms. The third kappa shape index (κ3) is 4.70. The van der Waals surface area contributed by atoms with E-state index in [4.69, 9.17) is 4.74 Å². The van der Waals surface area contributed by atoms with Crippen LogP contribution in [0.4, 0.5) is 0 Å². The van der Waals surface area contributed by atoms with Gasteiger partial charge in [-0.2, -0.15) is 0 Å². The minimum absolute atomic E-state index is 0.847. The minimum Gasteiger partial charge on any atom is -0.457 e. The van der Waals surface area contributed by atoms with Gasteiger partial charge in [-0.25, -0.2) is 0 Å². The molecule has 116 valence electrons. The molecule has 0 saturated heterocycles. The maximum Gasteiger partial charge on any atom is 0.127 e. The Bertz CT molecular complexity index is 735. The number of benzene rings is 3. The van der Waals surface area contributed by atoms with Crippen LogP contribution in [0, 0.1) is 6.92 Å². The standard InChI is InChI=1S/C21H21NO/c1-17-6-5-7-19(14-17)16-22-15-18-10-12-21(13-11-18)23-20-8-3-2-4-9-20/h2-14,22H,15-16H2,1H3. The molecule has 0 heterocycles. The topological polar surface area (TPSA) is 21.3 Å². The second kappa shape index (κ2) is 7.61. The average molecular weight is 303 g/mol. The molecule has 0 radical (unpaired) electrons. The molecule has 3 aromatic rings. The van der Waals surface area contributed by atoms with Gasteiger partial charge in [0.15, 0.2) is 0 Å². The van der Waals surface area contributed by atoms with E-state index >= 15 is 0 Å². The Morgan fingerprint density at radius 2 is 1.39 bits per heavy atom. The van der Waals surface area contributed by atoms with Crippen LogP contribution in [0.5, 0.6) is 11.5 Å². The van der Waals surface area contributed by atoms with Crippen molar-refractivity contribution in [3.63, 3.8) is 0 Å². The van der Waals surface area contributed by atoms with Gasteiger partial charge in [-0.05, 0) is 42.3 Å². The second-order valence-corrected chi connectivity index (χ2v) is 5.65. The second-order valence-electron chi connectivity index (χ2n) is 5.65. The summed E-state index contributed by atoms with van der Waals surface area (Å²) in [5, 5.41) is 3.47. The summed E-state index contributed by atoms with van der Waals surface area (Å²) < 4.78 is 5.80. The summed E-state index contributed by atoms with van der Waals surface area (Å²) in [6.07, 6.45) is 0. The summed E-state index contributed by atoms with van der Waals surface area (Å²) in [4.78, 5) is 0. The molecule has 0 spiro atoms. The van der Waals surface area contributed by atoms with Crippen molar-refractivity contribution in [2.45, 2.75) is 20.0 Å². The Hall–Kier alpha value is -2.58. The van der Waals surface area contributed by atoms with E-state index in [1.54, 1.807) is 0 Å². The summed E-state index contributed by atoms with van der Waals surface area (Å²) in [5.74, 6) is 1.72. The van der Waals surface area contributed by atoms with Crippen LogP contribution in [0.2, 0.25) is 0 Å². The zero-order valence-corrected chi connectivity index (χ0v) is 13.3. The molecule has 0 unspecified atom stereocenters. The highest BCUT2D eigenvalue weighted by atomic mass is 16.5. The van der Waals surface area contributed by atoms with E-state index < -0.39 is 0 Å². The first-order valence-electron chi connectivity index (χ1n) is 7.88. The molecule has 3 aromatic carbocycles. The molecule has 0 amide bonds. The van der Waals surface area contributed by atoms with Gasteiger partial charge in [0.1, 0.15) is 11.5 Å². The Kier molecular flexibility index (Phi) is 5.07. The summed E-state index contributed by atoms with van der Waals surface area (Å²) >= 11 is 0. The lowest BCUT2D eigenvalue weighted by atomic mass is 10.1. The number of para-hydroxylation sites is 1. The maximum atomic E-state index is 5.80. The van der Waals surface area contributed by atoms with Crippen LogP contribution in [0.15, 0.2) is 78.9 Å². The van der Waals surface area contributed by atoms with Crippen LogP contribution in [-0.4, -0.2) is 0 Å². The zero-order chi connectivity index (χ0) is 15.9. The van der Waals surface area contributed by atoms with Crippen LogP contribution in [0.3, 0.4) is 0 Å². The smallest absolute Gasteiger partial charge is 0.127 e. The van der Waals surface area contributed by atoms with Crippen molar-refractivity contribution in [1.82, 2.24) is 5.32 Å². The number of hydrogen-bond donors (Lipinski definition) is 1. The Labute approximate surface area is 137 Å². The summed E-state index contributed by atoms with van der Waals surface area (Å²) in [6.45, 7) is 3.85. The van der Waals surface area contributed by atoms with Crippen LogP contribution < -0.4 is 10.1 Å². The van der Waals surface area contributed by atoms with Gasteiger partial charge in [-0.3, -0.25) is 0 Å². The number of aryl methyl sites for hydroxylation is 1. The molecule has 0 bridgehead atoms. The maximum absolute atomic E-state index is 5.80. The van der Waals surface area contributed by atoms with Gasteiger partial charge in [0.25, 0.3) is 0 Å². The largest absolute Gasteiger partial charge is 0.457 e. The number of nitrogens with one attached hydrogen (secondary N) is 1. The molecule has 0 aromatic heterocycles. The molecular weight excluding hydrogens is 282 g/mol. The molecule has 0 fully saturated rings. The van der Waals surface area contributed by atoms with Crippen LogP contribution in [-0.2, 0) is 13.1 Å². The first-order valence-corrected chi connectivity index (χ1v) is 7.88.